The van der Waals surface area contributed by atoms with Gasteiger partial charge in [-0.3, -0.25) is 0 Å². The summed E-state index contributed by atoms with van der Waals surface area (Å²) in [5.74, 6) is 1.11. The molecule has 98 valence electrons. The molecule has 1 aromatic heterocycles. The zero-order valence-corrected chi connectivity index (χ0v) is 12.0. The minimum atomic E-state index is 0.446. The van der Waals surface area contributed by atoms with Crippen LogP contribution in [0, 0.1) is 0 Å². The first-order chi connectivity index (χ1) is 9.24. The fourth-order valence-electron chi connectivity index (χ4n) is 2.18. The van der Waals surface area contributed by atoms with E-state index in [4.69, 9.17) is 0 Å². The van der Waals surface area contributed by atoms with Crippen molar-refractivity contribution in [1.82, 2.24) is 15.0 Å². The van der Waals surface area contributed by atoms with Crippen LogP contribution in [0.15, 0.2) is 47.7 Å². The number of hydrogen-bond donors (Lipinski definition) is 0. The highest BCUT2D eigenvalue weighted by atomic mass is 32.2. The molecule has 0 saturated heterocycles. The highest BCUT2D eigenvalue weighted by Crippen LogP contribution is 2.39. The normalized spacial score (nSPS) is 19.8. The molecule has 2 aromatic rings. The number of allylic oxidation sites excluding steroid dienone is 1. The summed E-state index contributed by atoms with van der Waals surface area (Å²) in [6.07, 6.45) is 3.14. The van der Waals surface area contributed by atoms with Crippen molar-refractivity contribution in [1.29, 1.82) is 0 Å². The molecule has 0 aliphatic carbocycles. The van der Waals surface area contributed by atoms with Crippen molar-refractivity contribution in [3.05, 3.63) is 53.4 Å². The molecule has 0 spiro atoms. The monoisotopic (exact) mass is 271 g/mol. The van der Waals surface area contributed by atoms with Crippen LogP contribution in [0.1, 0.15) is 31.2 Å². The molecule has 0 saturated carbocycles. The van der Waals surface area contributed by atoms with E-state index < -0.39 is 0 Å². The Balaban J connectivity index is 1.83. The Morgan fingerprint density at radius 3 is 2.68 bits per heavy atom. The maximum absolute atomic E-state index is 4.35. The quantitative estimate of drug-likeness (QED) is 0.779. The van der Waals surface area contributed by atoms with E-state index in [0.717, 1.165) is 23.6 Å². The second-order valence-corrected chi connectivity index (χ2v) is 6.18. The van der Waals surface area contributed by atoms with E-state index >= 15 is 0 Å². The van der Waals surface area contributed by atoms with Gasteiger partial charge in [-0.05, 0) is 32.4 Å². The molecule has 0 N–H and O–H groups in total. The lowest BCUT2D eigenvalue weighted by atomic mass is 10.1. The Bertz CT molecular complexity index is 601. The van der Waals surface area contributed by atoms with Gasteiger partial charge >= 0.3 is 0 Å². The van der Waals surface area contributed by atoms with E-state index in [1.54, 1.807) is 0 Å². The molecule has 0 fully saturated rings. The van der Waals surface area contributed by atoms with Crippen LogP contribution in [0.25, 0.3) is 5.69 Å². The van der Waals surface area contributed by atoms with Crippen LogP contribution in [-0.2, 0) is 0 Å². The second kappa shape index (κ2) is 5.21. The van der Waals surface area contributed by atoms with Crippen molar-refractivity contribution >= 4 is 11.8 Å². The highest BCUT2D eigenvalue weighted by Gasteiger charge is 2.21. The molecule has 2 heterocycles. The number of benzene rings is 1. The number of para-hydroxylation sites is 1. The third-order valence-electron chi connectivity index (χ3n) is 3.58. The van der Waals surface area contributed by atoms with E-state index in [0.29, 0.717) is 5.25 Å². The van der Waals surface area contributed by atoms with Crippen molar-refractivity contribution in [3.63, 3.8) is 0 Å². The molecule has 1 aromatic carbocycles. The van der Waals surface area contributed by atoms with Gasteiger partial charge < -0.3 is 0 Å². The molecule has 3 nitrogen and oxygen atoms in total. The van der Waals surface area contributed by atoms with Crippen LogP contribution >= 0.6 is 11.8 Å². The van der Waals surface area contributed by atoms with E-state index in [1.165, 1.54) is 11.1 Å². The number of hydrogen-bond acceptors (Lipinski definition) is 3. The summed E-state index contributed by atoms with van der Waals surface area (Å²) >= 11 is 1.96. The van der Waals surface area contributed by atoms with Crippen LogP contribution in [0.2, 0.25) is 0 Å². The lowest BCUT2D eigenvalue weighted by Crippen LogP contribution is -2.05. The summed E-state index contributed by atoms with van der Waals surface area (Å²) in [6, 6.07) is 10.1. The summed E-state index contributed by atoms with van der Waals surface area (Å²) in [7, 11) is 0. The van der Waals surface area contributed by atoms with Gasteiger partial charge in [0.05, 0.1) is 22.8 Å². The van der Waals surface area contributed by atoms with Gasteiger partial charge in [-0.2, -0.15) is 0 Å². The number of nitrogens with zero attached hydrogens (tertiary/aromatic N) is 3. The standard InChI is InChI=1S/C15H17N3S/c1-11-8-15(19-10-12(11)2)14-9-18(17-16-14)13-6-4-3-5-7-13/h3-7,9,15H,8,10H2,1-2H3. The summed E-state index contributed by atoms with van der Waals surface area (Å²) in [5.41, 5.74) is 5.15. The van der Waals surface area contributed by atoms with E-state index in [-0.39, 0.29) is 0 Å². The molecule has 1 unspecified atom stereocenters. The van der Waals surface area contributed by atoms with Gasteiger partial charge in [0, 0.05) is 5.75 Å². The predicted molar refractivity (Wildman–Crippen MR) is 79.5 cm³/mol. The second-order valence-electron chi connectivity index (χ2n) is 4.99. The van der Waals surface area contributed by atoms with Crippen molar-refractivity contribution in [2.24, 2.45) is 0 Å². The van der Waals surface area contributed by atoms with Gasteiger partial charge in [0.25, 0.3) is 0 Å². The minimum absolute atomic E-state index is 0.446. The number of aromatic nitrogens is 3. The molecule has 19 heavy (non-hydrogen) atoms. The average molecular weight is 271 g/mol. The fourth-order valence-corrected chi connectivity index (χ4v) is 3.53. The predicted octanol–water partition coefficient (Wildman–Crippen LogP) is 3.78. The van der Waals surface area contributed by atoms with E-state index in [2.05, 4.69) is 30.4 Å². The molecular formula is C15H17N3S. The Morgan fingerprint density at radius 2 is 1.95 bits per heavy atom. The largest absolute Gasteiger partial charge is 0.220 e. The van der Waals surface area contributed by atoms with Gasteiger partial charge in [0.1, 0.15) is 0 Å². The number of thioether (sulfide) groups is 1. The zero-order valence-electron chi connectivity index (χ0n) is 11.2. The first-order valence-electron chi connectivity index (χ1n) is 6.48. The lowest BCUT2D eigenvalue weighted by molar-refractivity contribution is 0.788. The molecule has 1 aliphatic rings. The number of rotatable bonds is 2. The first kappa shape index (κ1) is 12.5. The van der Waals surface area contributed by atoms with Crippen LogP contribution in [-0.4, -0.2) is 20.7 Å². The Morgan fingerprint density at radius 1 is 1.16 bits per heavy atom. The Kier molecular flexibility index (Phi) is 3.42. The average Bonchev–Trinajstić information content (AvgIpc) is 2.93. The van der Waals surface area contributed by atoms with E-state index in [9.17, 15) is 0 Å². The summed E-state index contributed by atoms with van der Waals surface area (Å²) < 4.78 is 1.86. The topological polar surface area (TPSA) is 30.7 Å². The maximum Gasteiger partial charge on any atom is 0.0964 e. The van der Waals surface area contributed by atoms with Crippen molar-refractivity contribution in [3.8, 4) is 5.69 Å². The first-order valence-corrected chi connectivity index (χ1v) is 7.53. The van der Waals surface area contributed by atoms with Crippen LogP contribution in [0.4, 0.5) is 0 Å². The van der Waals surface area contributed by atoms with Gasteiger partial charge in [-0.1, -0.05) is 34.6 Å². The molecule has 0 bridgehead atoms. The summed E-state index contributed by atoms with van der Waals surface area (Å²) in [5, 5.41) is 9.03. The Hall–Kier alpha value is -1.55. The van der Waals surface area contributed by atoms with Gasteiger partial charge in [-0.15, -0.1) is 16.9 Å². The summed E-state index contributed by atoms with van der Waals surface area (Å²) in [6.45, 7) is 4.45. The lowest BCUT2D eigenvalue weighted by Gasteiger charge is -2.21. The minimum Gasteiger partial charge on any atom is -0.220 e. The molecular weight excluding hydrogens is 254 g/mol. The molecule has 1 aliphatic heterocycles. The molecule has 0 radical (unpaired) electrons. The molecule has 3 rings (SSSR count). The zero-order chi connectivity index (χ0) is 13.2. The van der Waals surface area contributed by atoms with Crippen LogP contribution < -0.4 is 0 Å². The highest BCUT2D eigenvalue weighted by molar-refractivity contribution is 7.99. The fraction of sp³-hybridized carbons (Fsp3) is 0.333. The van der Waals surface area contributed by atoms with Crippen LogP contribution in [0.5, 0.6) is 0 Å². The van der Waals surface area contributed by atoms with Crippen molar-refractivity contribution < 1.29 is 0 Å². The molecule has 0 amide bonds. The van der Waals surface area contributed by atoms with Crippen molar-refractivity contribution in [2.75, 3.05) is 5.75 Å². The molecule has 1 atom stereocenters. The third-order valence-corrected chi connectivity index (χ3v) is 4.99. The van der Waals surface area contributed by atoms with E-state index in [1.807, 2.05) is 46.8 Å². The van der Waals surface area contributed by atoms with Gasteiger partial charge in [0.2, 0.25) is 0 Å². The molecule has 4 heteroatoms. The maximum atomic E-state index is 4.35. The summed E-state index contributed by atoms with van der Waals surface area (Å²) in [4.78, 5) is 0. The SMILES string of the molecule is CC1=C(C)CC(c2cn(-c3ccccc3)nn2)SC1. The third kappa shape index (κ3) is 2.59. The van der Waals surface area contributed by atoms with Gasteiger partial charge in [0.15, 0.2) is 0 Å². The van der Waals surface area contributed by atoms with Gasteiger partial charge in [-0.25, -0.2) is 4.68 Å². The smallest absolute Gasteiger partial charge is 0.0964 e. The van der Waals surface area contributed by atoms with Crippen LogP contribution in [0.3, 0.4) is 0 Å². The van der Waals surface area contributed by atoms with Crippen molar-refractivity contribution in [2.45, 2.75) is 25.5 Å². The Labute approximate surface area is 117 Å².